The fraction of sp³-hybridized carbons (Fsp3) is 0.222. The number of nitrogens with two attached hydrogens (primary N) is 1. The van der Waals surface area contributed by atoms with E-state index in [0.29, 0.717) is 5.56 Å². The van der Waals surface area contributed by atoms with Gasteiger partial charge in [-0.05, 0) is 5.56 Å². The lowest BCUT2D eigenvalue weighted by molar-refractivity contribution is -0.117. The molecule has 0 fully saturated rings. The molecule has 0 radical (unpaired) electrons. The second-order valence-corrected chi connectivity index (χ2v) is 4.16. The van der Waals surface area contributed by atoms with Crippen LogP contribution in [0.15, 0.2) is 30.3 Å². The van der Waals surface area contributed by atoms with Gasteiger partial charge in [0.15, 0.2) is 0 Å². The second kappa shape index (κ2) is 4.18. The minimum atomic E-state index is -1.26. The Balaban J connectivity index is 3.03. The molecule has 70 valence electrons. The Labute approximate surface area is 79.4 Å². The molecule has 2 atom stereocenters. The molecule has 13 heavy (non-hydrogen) atoms. The largest absolute Gasteiger partial charge is 0.368 e. The third-order valence-electron chi connectivity index (χ3n) is 1.69. The van der Waals surface area contributed by atoms with Crippen LogP contribution in [0.2, 0.25) is 0 Å². The number of primary amides is 1. The van der Waals surface area contributed by atoms with E-state index in [2.05, 4.69) is 0 Å². The minimum Gasteiger partial charge on any atom is -0.368 e. The van der Waals surface area contributed by atoms with Gasteiger partial charge in [0.2, 0.25) is 5.91 Å². The van der Waals surface area contributed by atoms with Gasteiger partial charge in [-0.2, -0.15) is 0 Å². The Morgan fingerprint density at radius 2 is 1.92 bits per heavy atom. The molecule has 0 aromatic heterocycles. The SMILES string of the molecule is CS(=O)C(C(N)=O)c1ccccc1. The van der Waals surface area contributed by atoms with Crippen LogP contribution in [0.5, 0.6) is 0 Å². The predicted molar refractivity (Wildman–Crippen MR) is 52.4 cm³/mol. The maximum atomic E-state index is 11.2. The molecule has 1 aromatic rings. The second-order valence-electron chi connectivity index (χ2n) is 2.69. The number of hydrogen-bond donors (Lipinski definition) is 1. The van der Waals surface area contributed by atoms with Gasteiger partial charge in [0, 0.05) is 17.1 Å². The Kier molecular flexibility index (Phi) is 3.19. The summed E-state index contributed by atoms with van der Waals surface area (Å²) in [6.07, 6.45) is 1.47. The molecule has 1 rings (SSSR count). The summed E-state index contributed by atoms with van der Waals surface area (Å²) in [7, 11) is -1.26. The van der Waals surface area contributed by atoms with Gasteiger partial charge in [0.25, 0.3) is 0 Å². The highest BCUT2D eigenvalue weighted by atomic mass is 32.2. The van der Waals surface area contributed by atoms with Crippen LogP contribution in [-0.4, -0.2) is 16.4 Å². The first-order chi connectivity index (χ1) is 6.13. The number of benzene rings is 1. The molecule has 0 saturated heterocycles. The molecule has 2 unspecified atom stereocenters. The summed E-state index contributed by atoms with van der Waals surface area (Å²) in [6.45, 7) is 0. The first-order valence-electron chi connectivity index (χ1n) is 3.79. The number of hydrogen-bond acceptors (Lipinski definition) is 2. The molecule has 0 aliphatic carbocycles. The fourth-order valence-electron chi connectivity index (χ4n) is 1.15. The lowest BCUT2D eigenvalue weighted by Crippen LogP contribution is -2.24. The van der Waals surface area contributed by atoms with Gasteiger partial charge in [-0.1, -0.05) is 30.3 Å². The molecule has 0 aliphatic heterocycles. The maximum absolute atomic E-state index is 11.2. The number of rotatable bonds is 3. The summed E-state index contributed by atoms with van der Waals surface area (Å²) < 4.78 is 11.2. The van der Waals surface area contributed by atoms with E-state index in [1.54, 1.807) is 24.3 Å². The van der Waals surface area contributed by atoms with Gasteiger partial charge in [-0.15, -0.1) is 0 Å². The highest BCUT2D eigenvalue weighted by Crippen LogP contribution is 2.17. The molecular formula is C9H11NO2S. The Morgan fingerprint density at radius 1 is 1.38 bits per heavy atom. The third-order valence-corrected chi connectivity index (χ3v) is 2.86. The average Bonchev–Trinajstić information content (AvgIpc) is 2.04. The normalized spacial score (nSPS) is 14.8. The molecule has 0 aliphatic rings. The fourth-order valence-corrected chi connectivity index (χ4v) is 2.01. The Morgan fingerprint density at radius 3 is 2.31 bits per heavy atom. The Hall–Kier alpha value is -1.16. The van der Waals surface area contributed by atoms with E-state index < -0.39 is 22.0 Å². The van der Waals surface area contributed by atoms with Crippen molar-refractivity contribution in [3.63, 3.8) is 0 Å². The van der Waals surface area contributed by atoms with E-state index in [1.807, 2.05) is 6.07 Å². The van der Waals surface area contributed by atoms with E-state index in [4.69, 9.17) is 5.73 Å². The van der Waals surface area contributed by atoms with Crippen molar-refractivity contribution in [2.75, 3.05) is 6.26 Å². The molecule has 1 aromatic carbocycles. The van der Waals surface area contributed by atoms with E-state index >= 15 is 0 Å². The molecule has 0 bridgehead atoms. The van der Waals surface area contributed by atoms with Crippen molar-refractivity contribution in [3.05, 3.63) is 35.9 Å². The smallest absolute Gasteiger partial charge is 0.237 e. The van der Waals surface area contributed by atoms with Gasteiger partial charge in [0.05, 0.1) is 0 Å². The van der Waals surface area contributed by atoms with Crippen LogP contribution >= 0.6 is 0 Å². The molecular weight excluding hydrogens is 186 g/mol. The molecule has 3 nitrogen and oxygen atoms in total. The topological polar surface area (TPSA) is 60.2 Å². The van der Waals surface area contributed by atoms with Crippen molar-refractivity contribution in [2.24, 2.45) is 5.73 Å². The van der Waals surface area contributed by atoms with Gasteiger partial charge < -0.3 is 5.73 Å². The summed E-state index contributed by atoms with van der Waals surface area (Å²) in [5.74, 6) is -0.549. The standard InChI is InChI=1S/C9H11NO2S/c1-13(12)8(9(10)11)7-5-3-2-4-6-7/h2-6,8H,1H3,(H2,10,11). The molecule has 0 heterocycles. The first-order valence-corrected chi connectivity index (χ1v) is 5.41. The highest BCUT2D eigenvalue weighted by Gasteiger charge is 2.20. The quantitative estimate of drug-likeness (QED) is 0.771. The van der Waals surface area contributed by atoms with E-state index in [1.165, 1.54) is 6.26 Å². The van der Waals surface area contributed by atoms with Crippen molar-refractivity contribution in [1.29, 1.82) is 0 Å². The molecule has 4 heteroatoms. The molecule has 0 spiro atoms. The Bertz CT molecular complexity index is 310. The molecule has 2 N–H and O–H groups in total. The predicted octanol–water partition coefficient (Wildman–Crippen LogP) is 0.591. The lowest BCUT2D eigenvalue weighted by Gasteiger charge is -2.09. The van der Waals surface area contributed by atoms with Crippen LogP contribution in [0.1, 0.15) is 10.8 Å². The van der Waals surface area contributed by atoms with Crippen LogP contribution in [0, 0.1) is 0 Å². The van der Waals surface area contributed by atoms with Crippen molar-refractivity contribution < 1.29 is 9.00 Å². The monoisotopic (exact) mass is 197 g/mol. The minimum absolute atomic E-state index is 0.549. The average molecular weight is 197 g/mol. The summed E-state index contributed by atoms with van der Waals surface area (Å²) >= 11 is 0. The van der Waals surface area contributed by atoms with Crippen molar-refractivity contribution >= 4 is 16.7 Å². The van der Waals surface area contributed by atoms with Gasteiger partial charge >= 0.3 is 0 Å². The lowest BCUT2D eigenvalue weighted by atomic mass is 10.1. The van der Waals surface area contributed by atoms with Crippen molar-refractivity contribution in [1.82, 2.24) is 0 Å². The molecule has 0 saturated carbocycles. The van der Waals surface area contributed by atoms with Gasteiger partial charge in [0.1, 0.15) is 5.25 Å². The zero-order valence-electron chi connectivity index (χ0n) is 7.27. The highest BCUT2D eigenvalue weighted by molar-refractivity contribution is 7.85. The van der Waals surface area contributed by atoms with Crippen LogP contribution in [0.25, 0.3) is 0 Å². The number of amides is 1. The maximum Gasteiger partial charge on any atom is 0.237 e. The summed E-state index contributed by atoms with van der Waals surface area (Å²) in [4.78, 5) is 11.0. The zero-order valence-corrected chi connectivity index (χ0v) is 8.08. The van der Waals surface area contributed by atoms with E-state index in [0.717, 1.165) is 0 Å². The van der Waals surface area contributed by atoms with Gasteiger partial charge in [-0.25, -0.2) is 0 Å². The van der Waals surface area contributed by atoms with Crippen LogP contribution in [-0.2, 0) is 15.6 Å². The van der Waals surface area contributed by atoms with Gasteiger partial charge in [-0.3, -0.25) is 9.00 Å². The molecule has 1 amide bonds. The zero-order chi connectivity index (χ0) is 9.84. The summed E-state index contributed by atoms with van der Waals surface area (Å²) in [5.41, 5.74) is 5.84. The van der Waals surface area contributed by atoms with E-state index in [9.17, 15) is 9.00 Å². The number of carbonyl (C=O) groups excluding carboxylic acids is 1. The number of carbonyl (C=O) groups is 1. The van der Waals surface area contributed by atoms with Crippen molar-refractivity contribution in [3.8, 4) is 0 Å². The van der Waals surface area contributed by atoms with Crippen LogP contribution < -0.4 is 5.73 Å². The van der Waals surface area contributed by atoms with Crippen molar-refractivity contribution in [2.45, 2.75) is 5.25 Å². The summed E-state index contributed by atoms with van der Waals surface area (Å²) in [5, 5.41) is -0.693. The first kappa shape index (κ1) is 9.92. The van der Waals surface area contributed by atoms with Crippen LogP contribution in [0.3, 0.4) is 0 Å². The van der Waals surface area contributed by atoms with E-state index in [-0.39, 0.29) is 0 Å². The summed E-state index contributed by atoms with van der Waals surface area (Å²) in [6, 6.07) is 8.91. The third kappa shape index (κ3) is 2.39. The van der Waals surface area contributed by atoms with Crippen LogP contribution in [0.4, 0.5) is 0 Å².